The highest BCUT2D eigenvalue weighted by molar-refractivity contribution is 5.93. The predicted molar refractivity (Wildman–Crippen MR) is 88.6 cm³/mol. The van der Waals surface area contributed by atoms with Crippen LogP contribution in [0.5, 0.6) is 0 Å². The summed E-state index contributed by atoms with van der Waals surface area (Å²) < 4.78 is 7.06. The minimum absolute atomic E-state index is 0.0341. The Balaban J connectivity index is 2.11. The lowest BCUT2D eigenvalue weighted by Gasteiger charge is -2.24. The number of carbonyl (C=O) groups excluding carboxylic acids is 1. The van der Waals surface area contributed by atoms with Crippen molar-refractivity contribution in [1.82, 2.24) is 25.2 Å². The summed E-state index contributed by atoms with van der Waals surface area (Å²) in [5.74, 6) is -0.0341. The second kappa shape index (κ2) is 8.98. The summed E-state index contributed by atoms with van der Waals surface area (Å²) in [6, 6.07) is 0.341. The highest BCUT2D eigenvalue weighted by Gasteiger charge is 2.25. The molecule has 1 aromatic heterocycles. The molecule has 0 atom stereocenters. The molecule has 7 nitrogen and oxygen atoms in total. The molecule has 7 heteroatoms. The number of hydrogen-bond acceptors (Lipinski definition) is 5. The summed E-state index contributed by atoms with van der Waals surface area (Å²) in [4.78, 5) is 14.6. The van der Waals surface area contributed by atoms with Gasteiger partial charge >= 0.3 is 0 Å². The fraction of sp³-hybridized carbons (Fsp3) is 0.812. The second-order valence-electron chi connectivity index (χ2n) is 6.09. The van der Waals surface area contributed by atoms with Gasteiger partial charge in [0.15, 0.2) is 5.69 Å². The van der Waals surface area contributed by atoms with Gasteiger partial charge in [-0.3, -0.25) is 4.79 Å². The molecule has 0 aromatic carbocycles. The molecular formula is C16H29N5O2. The van der Waals surface area contributed by atoms with Crippen molar-refractivity contribution in [3.05, 3.63) is 11.4 Å². The first-order chi connectivity index (χ1) is 11.2. The number of hydrogen-bond donors (Lipinski definition) is 1. The lowest BCUT2D eigenvalue weighted by Crippen LogP contribution is -2.35. The van der Waals surface area contributed by atoms with Crippen LogP contribution in [-0.4, -0.2) is 65.7 Å². The normalized spacial score (nSPS) is 15.8. The molecule has 23 heavy (non-hydrogen) atoms. The van der Waals surface area contributed by atoms with Crippen LogP contribution >= 0.6 is 0 Å². The van der Waals surface area contributed by atoms with Gasteiger partial charge in [0, 0.05) is 20.2 Å². The average Bonchev–Trinajstić information content (AvgIpc) is 2.97. The lowest BCUT2D eigenvalue weighted by molar-refractivity contribution is 0.0686. The Kier molecular flexibility index (Phi) is 6.98. The first kappa shape index (κ1) is 17.9. The van der Waals surface area contributed by atoms with Gasteiger partial charge in [-0.25, -0.2) is 4.68 Å². The van der Waals surface area contributed by atoms with E-state index in [2.05, 4.69) is 22.6 Å². The van der Waals surface area contributed by atoms with Gasteiger partial charge in [0.1, 0.15) is 0 Å². The monoisotopic (exact) mass is 323 g/mol. The molecule has 1 amide bonds. The molecule has 130 valence electrons. The van der Waals surface area contributed by atoms with Gasteiger partial charge in [0.25, 0.3) is 5.91 Å². The summed E-state index contributed by atoms with van der Waals surface area (Å²) >= 11 is 0. The smallest absolute Gasteiger partial charge is 0.276 e. The fourth-order valence-corrected chi connectivity index (χ4v) is 2.95. The molecule has 0 radical (unpaired) electrons. The molecule has 0 bridgehead atoms. The predicted octanol–water partition coefficient (Wildman–Crippen LogP) is 1.40. The van der Waals surface area contributed by atoms with Crippen molar-refractivity contribution in [2.24, 2.45) is 0 Å². The Morgan fingerprint density at radius 3 is 2.78 bits per heavy atom. The number of carbonyl (C=O) groups is 1. The van der Waals surface area contributed by atoms with Gasteiger partial charge in [0.2, 0.25) is 0 Å². The van der Waals surface area contributed by atoms with Crippen molar-refractivity contribution in [3.8, 4) is 0 Å². The number of nitrogens with zero attached hydrogens (tertiary/aromatic N) is 4. The highest BCUT2D eigenvalue weighted by Crippen LogP contribution is 2.21. The third kappa shape index (κ3) is 4.51. The minimum Gasteiger partial charge on any atom is -0.383 e. The van der Waals surface area contributed by atoms with Crippen LogP contribution in [0.2, 0.25) is 0 Å². The third-order valence-electron chi connectivity index (χ3n) is 4.42. The van der Waals surface area contributed by atoms with Crippen LogP contribution in [0.15, 0.2) is 0 Å². The summed E-state index contributed by atoms with van der Waals surface area (Å²) in [5, 5.41) is 11.8. The molecule has 0 spiro atoms. The second-order valence-corrected chi connectivity index (χ2v) is 6.09. The Morgan fingerprint density at radius 2 is 2.13 bits per heavy atom. The summed E-state index contributed by atoms with van der Waals surface area (Å²) in [6.07, 6.45) is 4.09. The van der Waals surface area contributed by atoms with Gasteiger partial charge in [0.05, 0.1) is 18.3 Å². The van der Waals surface area contributed by atoms with Crippen LogP contribution in [0.3, 0.4) is 0 Å². The lowest BCUT2D eigenvalue weighted by atomic mass is 10.1. The van der Waals surface area contributed by atoms with E-state index in [4.69, 9.17) is 4.74 Å². The molecule has 1 aromatic rings. The number of amides is 1. The number of piperidine rings is 1. The molecule has 2 rings (SSSR count). The number of rotatable bonds is 8. The average molecular weight is 323 g/mol. The first-order valence-corrected chi connectivity index (χ1v) is 8.59. The fourth-order valence-electron chi connectivity index (χ4n) is 2.95. The van der Waals surface area contributed by atoms with Crippen molar-refractivity contribution in [2.75, 3.05) is 39.9 Å². The van der Waals surface area contributed by atoms with Crippen molar-refractivity contribution in [2.45, 2.75) is 45.6 Å². The van der Waals surface area contributed by atoms with Gasteiger partial charge in [-0.2, -0.15) is 0 Å². The van der Waals surface area contributed by atoms with Gasteiger partial charge in [-0.1, -0.05) is 18.6 Å². The van der Waals surface area contributed by atoms with E-state index in [-0.39, 0.29) is 5.91 Å². The van der Waals surface area contributed by atoms with Crippen molar-refractivity contribution >= 4 is 5.91 Å². The SMILES string of the molecule is CCCCN(CCOC)C(=O)c1nnn(C2CCNCC2)c1C. The molecule has 0 aliphatic carbocycles. The molecule has 1 N–H and O–H groups in total. The van der Waals surface area contributed by atoms with Crippen LogP contribution in [0.1, 0.15) is 54.8 Å². The Hall–Kier alpha value is -1.47. The Bertz CT molecular complexity index is 489. The van der Waals surface area contributed by atoms with Crippen molar-refractivity contribution in [3.63, 3.8) is 0 Å². The molecule has 1 fully saturated rings. The number of nitrogens with one attached hydrogen (secondary N) is 1. The molecule has 1 saturated heterocycles. The van der Waals surface area contributed by atoms with Gasteiger partial charge < -0.3 is 15.0 Å². The van der Waals surface area contributed by atoms with E-state index in [0.717, 1.165) is 51.0 Å². The molecule has 2 heterocycles. The zero-order valence-corrected chi connectivity index (χ0v) is 14.5. The zero-order valence-electron chi connectivity index (χ0n) is 14.5. The number of ether oxygens (including phenoxy) is 1. The quantitative estimate of drug-likeness (QED) is 0.783. The maximum atomic E-state index is 12.8. The van der Waals surface area contributed by atoms with E-state index in [0.29, 0.717) is 24.9 Å². The number of aromatic nitrogens is 3. The first-order valence-electron chi connectivity index (χ1n) is 8.59. The summed E-state index contributed by atoms with van der Waals surface area (Å²) in [5.41, 5.74) is 1.36. The molecular weight excluding hydrogens is 294 g/mol. The van der Waals surface area contributed by atoms with Crippen LogP contribution in [0.4, 0.5) is 0 Å². The summed E-state index contributed by atoms with van der Waals surface area (Å²) in [6.45, 7) is 7.92. The van der Waals surface area contributed by atoms with Crippen LogP contribution in [0.25, 0.3) is 0 Å². The third-order valence-corrected chi connectivity index (χ3v) is 4.42. The Labute approximate surface area is 138 Å². The largest absolute Gasteiger partial charge is 0.383 e. The molecule has 0 saturated carbocycles. The van der Waals surface area contributed by atoms with Crippen LogP contribution in [-0.2, 0) is 4.74 Å². The van der Waals surface area contributed by atoms with Gasteiger partial charge in [-0.05, 0) is 39.3 Å². The molecule has 1 aliphatic heterocycles. The zero-order chi connectivity index (χ0) is 16.7. The van der Waals surface area contributed by atoms with E-state index >= 15 is 0 Å². The Morgan fingerprint density at radius 1 is 1.39 bits per heavy atom. The molecule has 1 aliphatic rings. The van der Waals surface area contributed by atoms with E-state index in [1.54, 1.807) is 7.11 Å². The minimum atomic E-state index is -0.0341. The van der Waals surface area contributed by atoms with Gasteiger partial charge in [-0.15, -0.1) is 5.10 Å². The molecule has 0 unspecified atom stereocenters. The topological polar surface area (TPSA) is 72.3 Å². The van der Waals surface area contributed by atoms with Crippen LogP contribution in [0, 0.1) is 6.92 Å². The van der Waals surface area contributed by atoms with Crippen molar-refractivity contribution in [1.29, 1.82) is 0 Å². The maximum Gasteiger partial charge on any atom is 0.276 e. The van der Waals surface area contributed by atoms with E-state index < -0.39 is 0 Å². The van der Waals surface area contributed by atoms with E-state index in [9.17, 15) is 4.79 Å². The highest BCUT2D eigenvalue weighted by atomic mass is 16.5. The van der Waals surface area contributed by atoms with E-state index in [1.165, 1.54) is 0 Å². The van der Waals surface area contributed by atoms with Crippen molar-refractivity contribution < 1.29 is 9.53 Å². The maximum absolute atomic E-state index is 12.8. The van der Waals surface area contributed by atoms with E-state index in [1.807, 2.05) is 16.5 Å². The number of methoxy groups -OCH3 is 1. The number of unbranched alkanes of at least 4 members (excludes halogenated alkanes) is 1. The summed E-state index contributed by atoms with van der Waals surface area (Å²) in [7, 11) is 1.65. The van der Waals surface area contributed by atoms with Crippen LogP contribution < -0.4 is 5.32 Å². The standard InChI is InChI=1S/C16H29N5O2/c1-4-5-10-20(11-12-23-3)16(22)15-13(2)21(19-18-15)14-6-8-17-9-7-14/h14,17H,4-12H2,1-3H3.